The smallest absolute Gasteiger partial charge is 0.390 e. The molecule has 0 amide bonds. The quantitative estimate of drug-likeness (QED) is 0.227. The van der Waals surface area contributed by atoms with Crippen LogP contribution < -0.4 is 0 Å². The fourth-order valence-electron chi connectivity index (χ4n) is 3.53. The van der Waals surface area contributed by atoms with E-state index in [-0.39, 0.29) is 19.1 Å². The minimum absolute atomic E-state index is 0.000647. The summed E-state index contributed by atoms with van der Waals surface area (Å²) in [5, 5.41) is 9.83. The number of hydrogen-bond donors (Lipinski definition) is 3. The topological polar surface area (TPSA) is 147 Å². The molecule has 3 unspecified atom stereocenters. The Morgan fingerprint density at radius 1 is 0.742 bits per heavy atom. The van der Waals surface area contributed by atoms with Crippen LogP contribution in [0.25, 0.3) is 0 Å². The van der Waals surface area contributed by atoms with Crippen molar-refractivity contribution in [2.45, 2.75) is 97.5 Å². The summed E-state index contributed by atoms with van der Waals surface area (Å²) in [6, 6.07) is 0. The highest BCUT2D eigenvalue weighted by molar-refractivity contribution is 7.81. The summed E-state index contributed by atoms with van der Waals surface area (Å²) in [5.74, 6) is 0.798. The van der Waals surface area contributed by atoms with E-state index in [1.807, 2.05) is 6.92 Å². The molecule has 0 radical (unpaired) electrons. The molecule has 3 atom stereocenters. The van der Waals surface area contributed by atoms with Crippen LogP contribution in [0.15, 0.2) is 0 Å². The molecule has 0 aromatic rings. The van der Waals surface area contributed by atoms with Gasteiger partial charge < -0.3 is 5.11 Å². The van der Waals surface area contributed by atoms with E-state index in [0.29, 0.717) is 24.7 Å². The van der Waals surface area contributed by atoms with Crippen molar-refractivity contribution in [2.24, 2.45) is 17.8 Å². The molecule has 9 nitrogen and oxygen atoms in total. The van der Waals surface area contributed by atoms with Crippen molar-refractivity contribution in [3.8, 4) is 0 Å². The van der Waals surface area contributed by atoms with Crippen molar-refractivity contribution in [1.82, 2.24) is 0 Å². The van der Waals surface area contributed by atoms with E-state index < -0.39 is 26.4 Å². The fraction of sp³-hybridized carbons (Fsp3) is 1.00. The van der Waals surface area contributed by atoms with Crippen LogP contribution in [0.2, 0.25) is 0 Å². The molecular formula is C20H42O9S2. The van der Waals surface area contributed by atoms with Gasteiger partial charge in [-0.15, -0.1) is 0 Å². The lowest BCUT2D eigenvalue weighted by Gasteiger charge is -2.21. The summed E-state index contributed by atoms with van der Waals surface area (Å²) in [5.41, 5.74) is -0.765. The molecule has 31 heavy (non-hydrogen) atoms. The highest BCUT2D eigenvalue weighted by atomic mass is 32.3. The van der Waals surface area contributed by atoms with Crippen LogP contribution in [0.4, 0.5) is 0 Å². The third-order valence-corrected chi connectivity index (χ3v) is 6.30. The molecule has 11 heteroatoms. The van der Waals surface area contributed by atoms with Gasteiger partial charge in [-0.05, 0) is 57.3 Å². The van der Waals surface area contributed by atoms with Crippen molar-refractivity contribution >= 4 is 20.8 Å². The maximum atomic E-state index is 10.9. The maximum absolute atomic E-state index is 10.9. The molecular weight excluding hydrogens is 448 g/mol. The Bertz CT molecular complexity index is 669. The van der Waals surface area contributed by atoms with E-state index in [1.165, 1.54) is 0 Å². The average molecular weight is 491 g/mol. The molecule has 0 heterocycles. The van der Waals surface area contributed by atoms with Gasteiger partial charge in [0.15, 0.2) is 0 Å². The van der Waals surface area contributed by atoms with Crippen molar-refractivity contribution < 1.29 is 39.4 Å². The molecule has 3 N–H and O–H groups in total. The van der Waals surface area contributed by atoms with Gasteiger partial charge in [-0.3, -0.25) is 9.11 Å². The molecule has 0 aliphatic carbocycles. The Labute approximate surface area is 188 Å². The minimum Gasteiger partial charge on any atom is -0.390 e. The van der Waals surface area contributed by atoms with Gasteiger partial charge in [-0.1, -0.05) is 52.4 Å². The second-order valence-electron chi connectivity index (χ2n) is 9.39. The van der Waals surface area contributed by atoms with Crippen LogP contribution in [0.3, 0.4) is 0 Å². The molecule has 0 fully saturated rings. The van der Waals surface area contributed by atoms with E-state index in [1.54, 1.807) is 13.8 Å². The first-order valence-electron chi connectivity index (χ1n) is 11.0. The number of hydrogen-bond acceptors (Lipinski definition) is 7. The number of aliphatic hydroxyl groups is 1. The Hall–Kier alpha value is -0.300. The van der Waals surface area contributed by atoms with Gasteiger partial charge in [-0.25, -0.2) is 8.37 Å². The van der Waals surface area contributed by atoms with Gasteiger partial charge in [0.1, 0.15) is 0 Å². The van der Waals surface area contributed by atoms with E-state index in [9.17, 15) is 21.9 Å². The van der Waals surface area contributed by atoms with Gasteiger partial charge in [0, 0.05) is 0 Å². The van der Waals surface area contributed by atoms with Gasteiger partial charge in [0.05, 0.1) is 18.8 Å². The zero-order valence-corrected chi connectivity index (χ0v) is 21.0. The fourth-order valence-corrected chi connectivity index (χ4v) is 4.20. The van der Waals surface area contributed by atoms with Crippen LogP contribution in [0.1, 0.15) is 91.9 Å². The summed E-state index contributed by atoms with van der Waals surface area (Å²) in [6.45, 7) is 7.59. The predicted molar refractivity (Wildman–Crippen MR) is 119 cm³/mol. The molecule has 0 saturated carbocycles. The van der Waals surface area contributed by atoms with E-state index in [4.69, 9.17) is 9.11 Å². The molecule has 0 aromatic carbocycles. The van der Waals surface area contributed by atoms with Crippen LogP contribution in [0, 0.1) is 17.8 Å². The van der Waals surface area contributed by atoms with Crippen molar-refractivity contribution in [1.29, 1.82) is 0 Å². The molecule has 0 aliphatic rings. The molecule has 0 saturated heterocycles. The SMILES string of the molecule is CC(CCCC(C)CCOS(=O)(=O)O)CCCC(CCCC(C)(C)O)COS(=O)(=O)O. The monoisotopic (exact) mass is 490 g/mol. The average Bonchev–Trinajstić information content (AvgIpc) is 2.56. The lowest BCUT2D eigenvalue weighted by molar-refractivity contribution is 0.0652. The van der Waals surface area contributed by atoms with E-state index in [0.717, 1.165) is 51.4 Å². The first kappa shape index (κ1) is 30.7. The van der Waals surface area contributed by atoms with Gasteiger partial charge in [0.25, 0.3) is 0 Å². The first-order chi connectivity index (χ1) is 14.1. The van der Waals surface area contributed by atoms with Crippen LogP contribution in [-0.4, -0.2) is 49.9 Å². The van der Waals surface area contributed by atoms with Crippen molar-refractivity contribution in [2.75, 3.05) is 13.2 Å². The predicted octanol–water partition coefficient (Wildman–Crippen LogP) is 4.19. The lowest BCUT2D eigenvalue weighted by Crippen LogP contribution is -2.20. The van der Waals surface area contributed by atoms with Gasteiger partial charge in [0.2, 0.25) is 0 Å². The highest BCUT2D eigenvalue weighted by Gasteiger charge is 2.17. The normalized spacial score (nSPS) is 16.2. The van der Waals surface area contributed by atoms with Crippen molar-refractivity contribution in [3.05, 3.63) is 0 Å². The van der Waals surface area contributed by atoms with E-state index >= 15 is 0 Å². The molecule has 188 valence electrons. The second kappa shape index (κ2) is 14.8. The molecule has 0 bridgehead atoms. The third-order valence-electron chi connectivity index (χ3n) is 5.40. The zero-order chi connectivity index (χ0) is 24.1. The summed E-state index contributed by atoms with van der Waals surface area (Å²) in [4.78, 5) is 0. The Kier molecular flexibility index (Phi) is 14.6. The molecule has 0 aliphatic heterocycles. The Morgan fingerprint density at radius 3 is 1.68 bits per heavy atom. The molecule has 0 aromatic heterocycles. The van der Waals surface area contributed by atoms with E-state index in [2.05, 4.69) is 15.3 Å². The zero-order valence-electron chi connectivity index (χ0n) is 19.3. The first-order valence-corrected chi connectivity index (χ1v) is 13.8. The number of rotatable bonds is 19. The lowest BCUT2D eigenvalue weighted by atomic mass is 9.90. The van der Waals surface area contributed by atoms with Crippen molar-refractivity contribution in [3.63, 3.8) is 0 Å². The largest absolute Gasteiger partial charge is 0.397 e. The third kappa shape index (κ3) is 22.7. The summed E-state index contributed by atoms with van der Waals surface area (Å²) in [7, 11) is -8.82. The van der Waals surface area contributed by atoms with Gasteiger partial charge in [-0.2, -0.15) is 16.8 Å². The highest BCUT2D eigenvalue weighted by Crippen LogP contribution is 2.24. The Morgan fingerprint density at radius 2 is 1.19 bits per heavy atom. The Balaban J connectivity index is 4.16. The standard InChI is InChI=1S/C20H42O9S2/c1-17(8-5-9-18(2)13-15-28-30(22,23)24)10-6-11-19(16-29-31(25,26)27)12-7-14-20(3,4)21/h17-19,21H,5-16H2,1-4H3,(H,22,23,24)(H,25,26,27). The maximum Gasteiger partial charge on any atom is 0.397 e. The molecule has 0 spiro atoms. The summed E-state index contributed by atoms with van der Waals surface area (Å²) in [6.07, 6.45) is 8.33. The van der Waals surface area contributed by atoms with Crippen LogP contribution >= 0.6 is 0 Å². The molecule has 0 rings (SSSR count). The summed E-state index contributed by atoms with van der Waals surface area (Å²) >= 11 is 0. The van der Waals surface area contributed by atoms with Crippen LogP contribution in [-0.2, 0) is 29.2 Å². The van der Waals surface area contributed by atoms with Crippen LogP contribution in [0.5, 0.6) is 0 Å². The summed E-state index contributed by atoms with van der Waals surface area (Å²) < 4.78 is 69.1. The second-order valence-corrected chi connectivity index (χ2v) is 11.6. The van der Waals surface area contributed by atoms with Gasteiger partial charge >= 0.3 is 20.8 Å². The minimum atomic E-state index is -4.45.